The minimum Gasteiger partial charge on any atom is -0.330 e. The standard InChI is InChI=1S/C11H13F2N/c1-7-2-3-8(10(13)9(7)12)11(6-14)4-5-11/h2-3H,4-6,14H2,1H3. The smallest absolute Gasteiger partial charge is 0.162 e. The minimum atomic E-state index is -0.734. The van der Waals surface area contributed by atoms with Crippen molar-refractivity contribution in [1.82, 2.24) is 0 Å². The predicted molar refractivity (Wildman–Crippen MR) is 51.1 cm³/mol. The molecule has 1 aliphatic carbocycles. The van der Waals surface area contributed by atoms with E-state index in [9.17, 15) is 8.78 Å². The Morgan fingerprint density at radius 1 is 1.29 bits per heavy atom. The number of rotatable bonds is 2. The lowest BCUT2D eigenvalue weighted by Crippen LogP contribution is -2.21. The van der Waals surface area contributed by atoms with Crippen molar-refractivity contribution in [3.05, 3.63) is 34.9 Å². The van der Waals surface area contributed by atoms with Crippen LogP contribution in [-0.4, -0.2) is 6.54 Å². The molecule has 0 amide bonds. The van der Waals surface area contributed by atoms with Crippen LogP contribution in [0.25, 0.3) is 0 Å². The quantitative estimate of drug-likeness (QED) is 0.773. The summed E-state index contributed by atoms with van der Waals surface area (Å²) in [6, 6.07) is 3.27. The highest BCUT2D eigenvalue weighted by Gasteiger charge is 2.45. The van der Waals surface area contributed by atoms with Gasteiger partial charge in [-0.3, -0.25) is 0 Å². The molecule has 0 aromatic heterocycles. The van der Waals surface area contributed by atoms with Gasteiger partial charge in [-0.05, 0) is 30.9 Å². The fourth-order valence-corrected chi connectivity index (χ4v) is 1.79. The molecule has 14 heavy (non-hydrogen) atoms. The van der Waals surface area contributed by atoms with Crippen LogP contribution < -0.4 is 5.73 Å². The first-order chi connectivity index (χ1) is 6.60. The van der Waals surface area contributed by atoms with Crippen LogP contribution in [0.3, 0.4) is 0 Å². The first-order valence-corrected chi connectivity index (χ1v) is 4.76. The molecule has 2 N–H and O–H groups in total. The van der Waals surface area contributed by atoms with E-state index >= 15 is 0 Å². The van der Waals surface area contributed by atoms with Crippen LogP contribution in [0.1, 0.15) is 24.0 Å². The average molecular weight is 197 g/mol. The number of hydrogen-bond donors (Lipinski definition) is 1. The number of nitrogens with two attached hydrogens (primary N) is 1. The highest BCUT2D eigenvalue weighted by Crippen LogP contribution is 2.48. The summed E-state index contributed by atoms with van der Waals surface area (Å²) in [6.45, 7) is 1.95. The lowest BCUT2D eigenvalue weighted by Gasteiger charge is -2.14. The van der Waals surface area contributed by atoms with Crippen molar-refractivity contribution in [2.45, 2.75) is 25.2 Å². The zero-order valence-corrected chi connectivity index (χ0v) is 8.11. The first-order valence-electron chi connectivity index (χ1n) is 4.76. The Morgan fingerprint density at radius 2 is 1.93 bits per heavy atom. The van der Waals surface area contributed by atoms with Crippen LogP contribution in [0.15, 0.2) is 12.1 Å². The molecule has 0 atom stereocenters. The summed E-state index contributed by atoms with van der Waals surface area (Å²) in [7, 11) is 0. The third kappa shape index (κ3) is 1.23. The molecule has 0 spiro atoms. The Bertz CT molecular complexity index is 370. The van der Waals surface area contributed by atoms with E-state index in [-0.39, 0.29) is 5.41 Å². The fraction of sp³-hybridized carbons (Fsp3) is 0.455. The SMILES string of the molecule is Cc1ccc(C2(CN)CC2)c(F)c1F. The van der Waals surface area contributed by atoms with Gasteiger partial charge in [0.15, 0.2) is 11.6 Å². The second kappa shape index (κ2) is 3.02. The largest absolute Gasteiger partial charge is 0.330 e. The summed E-state index contributed by atoms with van der Waals surface area (Å²) in [4.78, 5) is 0. The molecule has 3 heteroatoms. The average Bonchev–Trinajstić information content (AvgIpc) is 2.95. The number of benzene rings is 1. The number of aryl methyl sites for hydroxylation is 1. The molecule has 1 nitrogen and oxygen atoms in total. The lowest BCUT2D eigenvalue weighted by atomic mass is 9.94. The van der Waals surface area contributed by atoms with Gasteiger partial charge in [0.25, 0.3) is 0 Å². The van der Waals surface area contributed by atoms with Gasteiger partial charge in [0.05, 0.1) is 0 Å². The van der Waals surface area contributed by atoms with E-state index in [0.717, 1.165) is 12.8 Å². The third-order valence-corrected chi connectivity index (χ3v) is 3.09. The molecule has 0 aliphatic heterocycles. The molecule has 1 aromatic rings. The molecule has 0 saturated heterocycles. The Balaban J connectivity index is 2.50. The molecule has 0 heterocycles. The Kier molecular flexibility index (Phi) is 2.07. The number of hydrogen-bond acceptors (Lipinski definition) is 1. The molecule has 0 bridgehead atoms. The van der Waals surface area contributed by atoms with Gasteiger partial charge in [-0.15, -0.1) is 0 Å². The van der Waals surface area contributed by atoms with Gasteiger partial charge in [-0.2, -0.15) is 0 Å². The van der Waals surface area contributed by atoms with Crippen LogP contribution in [0.4, 0.5) is 8.78 Å². The van der Waals surface area contributed by atoms with Crippen LogP contribution >= 0.6 is 0 Å². The van der Waals surface area contributed by atoms with E-state index in [1.54, 1.807) is 19.1 Å². The summed E-state index contributed by atoms with van der Waals surface area (Å²) in [5.41, 5.74) is 6.08. The molecule has 1 aromatic carbocycles. The minimum absolute atomic E-state index is 0.279. The highest BCUT2D eigenvalue weighted by atomic mass is 19.2. The summed E-state index contributed by atoms with van der Waals surface area (Å²) in [5, 5.41) is 0. The maximum absolute atomic E-state index is 13.6. The van der Waals surface area contributed by atoms with E-state index in [1.807, 2.05) is 0 Å². The topological polar surface area (TPSA) is 26.0 Å². The van der Waals surface area contributed by atoms with Crippen molar-refractivity contribution >= 4 is 0 Å². The van der Waals surface area contributed by atoms with Gasteiger partial charge in [0.2, 0.25) is 0 Å². The maximum atomic E-state index is 13.6. The normalized spacial score (nSPS) is 18.3. The Labute approximate surface area is 81.9 Å². The van der Waals surface area contributed by atoms with Gasteiger partial charge < -0.3 is 5.73 Å². The van der Waals surface area contributed by atoms with Gasteiger partial charge in [-0.25, -0.2) is 8.78 Å². The monoisotopic (exact) mass is 197 g/mol. The van der Waals surface area contributed by atoms with E-state index in [2.05, 4.69) is 0 Å². The van der Waals surface area contributed by atoms with E-state index in [1.165, 1.54) is 0 Å². The van der Waals surface area contributed by atoms with E-state index in [4.69, 9.17) is 5.73 Å². The van der Waals surface area contributed by atoms with Gasteiger partial charge >= 0.3 is 0 Å². The molecule has 1 fully saturated rings. The number of halogens is 2. The Morgan fingerprint density at radius 3 is 2.43 bits per heavy atom. The zero-order valence-electron chi connectivity index (χ0n) is 8.11. The summed E-state index contributed by atoms with van der Waals surface area (Å²) < 4.78 is 26.8. The maximum Gasteiger partial charge on any atom is 0.162 e. The van der Waals surface area contributed by atoms with Crippen molar-refractivity contribution in [3.8, 4) is 0 Å². The lowest BCUT2D eigenvalue weighted by molar-refractivity contribution is 0.480. The highest BCUT2D eigenvalue weighted by molar-refractivity contribution is 5.36. The van der Waals surface area contributed by atoms with Crippen molar-refractivity contribution in [2.24, 2.45) is 5.73 Å². The van der Waals surface area contributed by atoms with Crippen molar-refractivity contribution in [1.29, 1.82) is 0 Å². The first kappa shape index (κ1) is 9.59. The van der Waals surface area contributed by atoms with Crippen molar-refractivity contribution in [2.75, 3.05) is 6.54 Å². The van der Waals surface area contributed by atoms with Crippen molar-refractivity contribution in [3.63, 3.8) is 0 Å². The third-order valence-electron chi connectivity index (χ3n) is 3.09. The molecule has 2 rings (SSSR count). The summed E-state index contributed by atoms with van der Waals surface area (Å²) in [6.07, 6.45) is 1.73. The molecular weight excluding hydrogens is 184 g/mol. The van der Waals surface area contributed by atoms with Crippen LogP contribution in [0.5, 0.6) is 0 Å². The Hall–Kier alpha value is -0.960. The van der Waals surface area contributed by atoms with Crippen LogP contribution in [0, 0.1) is 18.6 Å². The second-order valence-corrected chi connectivity index (χ2v) is 4.04. The van der Waals surface area contributed by atoms with Crippen LogP contribution in [-0.2, 0) is 5.41 Å². The molecule has 76 valence electrons. The molecule has 1 aliphatic rings. The predicted octanol–water partition coefficient (Wildman–Crippen LogP) is 2.26. The molecular formula is C11H13F2N. The summed E-state index contributed by atoms with van der Waals surface area (Å²) in [5.74, 6) is -1.45. The van der Waals surface area contributed by atoms with Crippen molar-refractivity contribution < 1.29 is 8.78 Å². The second-order valence-electron chi connectivity index (χ2n) is 4.04. The van der Waals surface area contributed by atoms with Gasteiger partial charge in [0.1, 0.15) is 0 Å². The van der Waals surface area contributed by atoms with E-state index < -0.39 is 11.6 Å². The zero-order chi connectivity index (χ0) is 10.3. The van der Waals surface area contributed by atoms with Gasteiger partial charge in [-0.1, -0.05) is 12.1 Å². The fourth-order valence-electron chi connectivity index (χ4n) is 1.79. The molecule has 0 unspecified atom stereocenters. The van der Waals surface area contributed by atoms with Crippen LogP contribution in [0.2, 0.25) is 0 Å². The van der Waals surface area contributed by atoms with E-state index in [0.29, 0.717) is 17.7 Å². The summed E-state index contributed by atoms with van der Waals surface area (Å²) >= 11 is 0. The molecule has 1 saturated carbocycles. The molecule has 0 radical (unpaired) electrons. The van der Waals surface area contributed by atoms with Gasteiger partial charge in [0, 0.05) is 12.0 Å².